The molecular weight excluding hydrogens is 458 g/mol. The number of aromatic nitrogens is 3. The van der Waals surface area contributed by atoms with Crippen LogP contribution in [0.4, 0.5) is 5.69 Å². The van der Waals surface area contributed by atoms with E-state index in [1.54, 1.807) is 30.3 Å². The molecule has 0 aliphatic rings. The molecule has 0 aliphatic carbocycles. The van der Waals surface area contributed by atoms with Crippen LogP contribution in [0.25, 0.3) is 17.1 Å². The van der Waals surface area contributed by atoms with Crippen molar-refractivity contribution in [3.63, 3.8) is 0 Å². The number of nitrogens with one attached hydrogen (secondary N) is 1. The van der Waals surface area contributed by atoms with Gasteiger partial charge in [0.05, 0.1) is 5.75 Å². The quantitative estimate of drug-likeness (QED) is 0.375. The number of aryl methyl sites for hydroxylation is 1. The molecule has 3 N–H and O–H groups in total. The van der Waals surface area contributed by atoms with Gasteiger partial charge >= 0.3 is 0 Å². The number of halogens is 1. The van der Waals surface area contributed by atoms with Crippen LogP contribution in [-0.2, 0) is 4.79 Å². The van der Waals surface area contributed by atoms with Crippen molar-refractivity contribution in [3.05, 3.63) is 88.9 Å². The van der Waals surface area contributed by atoms with Crippen molar-refractivity contribution in [1.29, 1.82) is 0 Å². The van der Waals surface area contributed by atoms with Gasteiger partial charge in [-0.1, -0.05) is 53.2 Å². The Balaban J connectivity index is 1.56. The number of nitrogens with zero attached hydrogens (tertiary/aromatic N) is 3. The SMILES string of the molecule is Cc1ccc(-n2c(SCC(=O)Nc3ccc(C(N)=O)cc3)nnc2-c2cccc(Cl)c2)cc1. The first-order chi connectivity index (χ1) is 15.9. The van der Waals surface area contributed by atoms with Gasteiger partial charge in [0.2, 0.25) is 11.8 Å². The Hall–Kier alpha value is -3.62. The molecule has 0 atom stereocenters. The first kappa shape index (κ1) is 22.6. The molecular formula is C24H20ClN5O2S. The van der Waals surface area contributed by atoms with Crippen LogP contribution in [0, 0.1) is 6.92 Å². The molecule has 7 nitrogen and oxygen atoms in total. The summed E-state index contributed by atoms with van der Waals surface area (Å²) in [7, 11) is 0. The first-order valence-electron chi connectivity index (χ1n) is 10.0. The van der Waals surface area contributed by atoms with Crippen LogP contribution < -0.4 is 11.1 Å². The minimum Gasteiger partial charge on any atom is -0.366 e. The van der Waals surface area contributed by atoms with E-state index in [9.17, 15) is 9.59 Å². The monoisotopic (exact) mass is 477 g/mol. The molecule has 1 heterocycles. The lowest BCUT2D eigenvalue weighted by Crippen LogP contribution is -2.15. The maximum atomic E-state index is 12.5. The van der Waals surface area contributed by atoms with Crippen LogP contribution in [0.1, 0.15) is 15.9 Å². The van der Waals surface area contributed by atoms with Crippen LogP contribution in [0.15, 0.2) is 78.0 Å². The van der Waals surface area contributed by atoms with Crippen LogP contribution in [-0.4, -0.2) is 32.3 Å². The third-order valence-electron chi connectivity index (χ3n) is 4.79. The van der Waals surface area contributed by atoms with Crippen molar-refractivity contribution < 1.29 is 9.59 Å². The predicted molar refractivity (Wildman–Crippen MR) is 131 cm³/mol. The molecule has 0 fully saturated rings. The molecule has 0 aliphatic heterocycles. The third kappa shape index (κ3) is 5.42. The van der Waals surface area contributed by atoms with E-state index in [2.05, 4.69) is 15.5 Å². The molecule has 33 heavy (non-hydrogen) atoms. The molecule has 9 heteroatoms. The van der Waals surface area contributed by atoms with Gasteiger partial charge in [-0.2, -0.15) is 0 Å². The van der Waals surface area contributed by atoms with Crippen LogP contribution >= 0.6 is 23.4 Å². The highest BCUT2D eigenvalue weighted by Gasteiger charge is 2.18. The Bertz CT molecular complexity index is 1300. The normalized spacial score (nSPS) is 10.7. The fourth-order valence-corrected chi connectivity index (χ4v) is 4.09. The number of nitrogens with two attached hydrogens (primary N) is 1. The predicted octanol–water partition coefficient (Wildman–Crippen LogP) is 4.73. The molecule has 0 saturated carbocycles. The average molecular weight is 478 g/mol. The van der Waals surface area contributed by atoms with Gasteiger partial charge in [0.25, 0.3) is 0 Å². The number of hydrogen-bond donors (Lipinski definition) is 2. The topological polar surface area (TPSA) is 103 Å². The number of benzene rings is 3. The summed E-state index contributed by atoms with van der Waals surface area (Å²) < 4.78 is 1.91. The van der Waals surface area contributed by atoms with E-state index in [-0.39, 0.29) is 11.7 Å². The number of carbonyl (C=O) groups excluding carboxylic acids is 2. The maximum Gasteiger partial charge on any atom is 0.248 e. The van der Waals surface area contributed by atoms with E-state index in [0.717, 1.165) is 16.8 Å². The molecule has 0 spiro atoms. The summed E-state index contributed by atoms with van der Waals surface area (Å²) in [5, 5.41) is 12.7. The highest BCUT2D eigenvalue weighted by Crippen LogP contribution is 2.29. The Morgan fingerprint density at radius 2 is 1.76 bits per heavy atom. The summed E-state index contributed by atoms with van der Waals surface area (Å²) in [6.07, 6.45) is 0. The molecule has 0 saturated heterocycles. The zero-order valence-electron chi connectivity index (χ0n) is 17.7. The number of rotatable bonds is 7. The molecule has 0 unspecified atom stereocenters. The van der Waals surface area contributed by atoms with Crippen molar-refractivity contribution in [2.75, 3.05) is 11.1 Å². The number of primary amides is 1. The van der Waals surface area contributed by atoms with E-state index >= 15 is 0 Å². The fraction of sp³-hybridized carbons (Fsp3) is 0.0833. The van der Waals surface area contributed by atoms with Crippen LogP contribution in [0.2, 0.25) is 5.02 Å². The van der Waals surface area contributed by atoms with E-state index in [1.807, 2.05) is 54.0 Å². The first-order valence-corrected chi connectivity index (χ1v) is 11.4. The second-order valence-corrected chi connectivity index (χ2v) is 8.64. The number of hydrogen-bond acceptors (Lipinski definition) is 5. The van der Waals surface area contributed by atoms with Crippen molar-refractivity contribution in [2.45, 2.75) is 12.1 Å². The Labute approximate surface area is 200 Å². The average Bonchev–Trinajstić information content (AvgIpc) is 3.22. The summed E-state index contributed by atoms with van der Waals surface area (Å²) in [4.78, 5) is 23.7. The van der Waals surface area contributed by atoms with E-state index in [0.29, 0.717) is 27.3 Å². The van der Waals surface area contributed by atoms with Gasteiger partial charge in [0, 0.05) is 27.5 Å². The number of anilines is 1. The number of amides is 2. The van der Waals surface area contributed by atoms with Crippen molar-refractivity contribution >= 4 is 40.9 Å². The summed E-state index contributed by atoms with van der Waals surface area (Å²) >= 11 is 7.46. The second-order valence-electron chi connectivity index (χ2n) is 7.27. The molecule has 0 bridgehead atoms. The fourth-order valence-electron chi connectivity index (χ4n) is 3.15. The van der Waals surface area contributed by atoms with E-state index in [4.69, 9.17) is 17.3 Å². The van der Waals surface area contributed by atoms with Gasteiger partial charge in [0.1, 0.15) is 0 Å². The highest BCUT2D eigenvalue weighted by atomic mass is 35.5. The standard InChI is InChI=1S/C24H20ClN5O2S/c1-15-5-11-20(12-6-15)30-23(17-3-2-4-18(25)13-17)28-29-24(30)33-14-21(31)27-19-9-7-16(8-10-19)22(26)32/h2-13H,14H2,1H3,(H2,26,32)(H,27,31). The molecule has 2 amide bonds. The summed E-state index contributed by atoms with van der Waals surface area (Å²) in [5.74, 6) is 0.0205. The minimum atomic E-state index is -0.519. The summed E-state index contributed by atoms with van der Waals surface area (Å²) in [5.41, 5.74) is 9.03. The van der Waals surface area contributed by atoms with Gasteiger partial charge in [0.15, 0.2) is 11.0 Å². The summed E-state index contributed by atoms with van der Waals surface area (Å²) in [6, 6.07) is 21.8. The largest absolute Gasteiger partial charge is 0.366 e. The highest BCUT2D eigenvalue weighted by molar-refractivity contribution is 7.99. The molecule has 4 aromatic rings. The molecule has 166 valence electrons. The summed E-state index contributed by atoms with van der Waals surface area (Å²) in [6.45, 7) is 2.02. The third-order valence-corrected chi connectivity index (χ3v) is 5.96. The zero-order valence-corrected chi connectivity index (χ0v) is 19.2. The van der Waals surface area contributed by atoms with Gasteiger partial charge in [-0.25, -0.2) is 0 Å². The maximum absolute atomic E-state index is 12.5. The Morgan fingerprint density at radius 3 is 2.42 bits per heavy atom. The lowest BCUT2D eigenvalue weighted by molar-refractivity contribution is -0.113. The van der Waals surface area contributed by atoms with E-state index < -0.39 is 5.91 Å². The molecule has 4 rings (SSSR count). The lowest BCUT2D eigenvalue weighted by Gasteiger charge is -2.11. The van der Waals surface area contributed by atoms with E-state index in [1.165, 1.54) is 11.8 Å². The molecule has 1 aromatic heterocycles. The van der Waals surface area contributed by atoms with Gasteiger partial charge in [-0.3, -0.25) is 14.2 Å². The van der Waals surface area contributed by atoms with Crippen LogP contribution in [0.3, 0.4) is 0 Å². The van der Waals surface area contributed by atoms with Gasteiger partial charge in [-0.05, 0) is 55.5 Å². The number of thioether (sulfide) groups is 1. The van der Waals surface area contributed by atoms with Crippen LogP contribution in [0.5, 0.6) is 0 Å². The molecule has 3 aromatic carbocycles. The van der Waals surface area contributed by atoms with Crippen molar-refractivity contribution in [1.82, 2.24) is 14.8 Å². The molecule has 0 radical (unpaired) electrons. The Morgan fingerprint density at radius 1 is 1.03 bits per heavy atom. The zero-order chi connectivity index (χ0) is 23.4. The minimum absolute atomic E-state index is 0.122. The van der Waals surface area contributed by atoms with Gasteiger partial charge < -0.3 is 11.1 Å². The van der Waals surface area contributed by atoms with Gasteiger partial charge in [-0.15, -0.1) is 10.2 Å². The second kappa shape index (κ2) is 9.89. The van der Waals surface area contributed by atoms with Crippen molar-refractivity contribution in [3.8, 4) is 17.1 Å². The Kier molecular flexibility index (Phi) is 6.76. The number of carbonyl (C=O) groups is 2. The van der Waals surface area contributed by atoms with Crippen molar-refractivity contribution in [2.24, 2.45) is 5.73 Å². The smallest absolute Gasteiger partial charge is 0.248 e. The lowest BCUT2D eigenvalue weighted by atomic mass is 10.2.